The minimum absolute atomic E-state index is 0.0373. The Morgan fingerprint density at radius 2 is 1.74 bits per heavy atom. The summed E-state index contributed by atoms with van der Waals surface area (Å²) in [4.78, 5) is 23.6. The molecule has 196 valence electrons. The first kappa shape index (κ1) is 29.0. The first-order valence-electron chi connectivity index (χ1n) is 11.8. The summed E-state index contributed by atoms with van der Waals surface area (Å²) in [7, 11) is -6.89. The normalized spacial score (nSPS) is 19.1. The number of carbonyl (C=O) groups excluding carboxylic acids is 1. The second-order valence-electron chi connectivity index (χ2n) is 9.03. The molecule has 11 heteroatoms. The van der Waals surface area contributed by atoms with Crippen LogP contribution in [0.5, 0.6) is 0 Å². The zero-order chi connectivity index (χ0) is 26.2. The lowest BCUT2D eigenvalue weighted by Crippen LogP contribution is -2.49. The predicted octanol–water partition coefficient (Wildman–Crippen LogP) is 4.47. The summed E-state index contributed by atoms with van der Waals surface area (Å²) in [6, 6.07) is 7.56. The van der Waals surface area contributed by atoms with Crippen LogP contribution in [0.3, 0.4) is 0 Å². The molecule has 1 aliphatic heterocycles. The molecule has 1 aliphatic rings. The Morgan fingerprint density at radius 3 is 2.29 bits per heavy atom. The van der Waals surface area contributed by atoms with Crippen LogP contribution in [-0.2, 0) is 33.0 Å². The highest BCUT2D eigenvalue weighted by Gasteiger charge is 2.48. The maximum absolute atomic E-state index is 13.0. The van der Waals surface area contributed by atoms with Gasteiger partial charge in [0.2, 0.25) is 0 Å². The molecule has 1 aromatic carbocycles. The molecular weight excluding hydrogens is 492 g/mol. The van der Waals surface area contributed by atoms with Crippen molar-refractivity contribution in [2.45, 2.75) is 74.8 Å². The van der Waals surface area contributed by atoms with Crippen molar-refractivity contribution in [3.63, 3.8) is 0 Å². The maximum atomic E-state index is 13.0. The van der Waals surface area contributed by atoms with Crippen LogP contribution >= 0.6 is 0 Å². The first-order valence-corrected chi connectivity index (χ1v) is 15.3. The third-order valence-corrected chi connectivity index (χ3v) is 12.5. The van der Waals surface area contributed by atoms with Gasteiger partial charge in [0.25, 0.3) is 0 Å². The SMILES string of the molecule is CCOC(=O)OCC1=CC(CCC(C(=O)O)S(=O)(=O)c2ccccc2)O[Si](C(C)C)(C(C)C)OC1. The van der Waals surface area contributed by atoms with E-state index in [2.05, 4.69) is 0 Å². The predicted molar refractivity (Wildman–Crippen MR) is 132 cm³/mol. The number of carboxylic acids is 1. The number of ether oxygens (including phenoxy) is 2. The summed E-state index contributed by atoms with van der Waals surface area (Å²) < 4.78 is 48.9. The molecule has 1 aromatic rings. The van der Waals surface area contributed by atoms with E-state index in [0.29, 0.717) is 5.57 Å². The van der Waals surface area contributed by atoms with Crippen molar-refractivity contribution in [3.8, 4) is 0 Å². The average Bonchev–Trinajstić information content (AvgIpc) is 2.99. The smallest absolute Gasteiger partial charge is 0.480 e. The van der Waals surface area contributed by atoms with Gasteiger partial charge in [-0.3, -0.25) is 4.79 Å². The minimum atomic E-state index is -4.09. The monoisotopic (exact) mass is 528 g/mol. The van der Waals surface area contributed by atoms with Crippen LogP contribution in [-0.4, -0.2) is 65.4 Å². The summed E-state index contributed by atoms with van der Waals surface area (Å²) in [6.07, 6.45) is 0.352. The van der Waals surface area contributed by atoms with E-state index < -0.39 is 41.9 Å². The van der Waals surface area contributed by atoms with Crippen LogP contribution < -0.4 is 0 Å². The van der Waals surface area contributed by atoms with Crippen molar-refractivity contribution in [2.75, 3.05) is 19.8 Å². The van der Waals surface area contributed by atoms with Gasteiger partial charge in [-0.15, -0.1) is 0 Å². The molecule has 9 nitrogen and oxygen atoms in total. The average molecular weight is 529 g/mol. The minimum Gasteiger partial charge on any atom is -0.480 e. The van der Waals surface area contributed by atoms with E-state index in [1.165, 1.54) is 12.1 Å². The van der Waals surface area contributed by atoms with E-state index in [1.807, 2.05) is 27.7 Å². The lowest BCUT2D eigenvalue weighted by molar-refractivity contribution is -0.136. The Hall–Kier alpha value is -2.21. The van der Waals surface area contributed by atoms with Gasteiger partial charge in [-0.25, -0.2) is 13.2 Å². The van der Waals surface area contributed by atoms with E-state index in [1.54, 1.807) is 31.2 Å². The quantitative estimate of drug-likeness (QED) is 0.251. The van der Waals surface area contributed by atoms with Crippen molar-refractivity contribution in [1.29, 1.82) is 0 Å². The summed E-state index contributed by atoms with van der Waals surface area (Å²) >= 11 is 0. The Labute approximate surface area is 208 Å². The number of rotatable bonds is 11. The van der Waals surface area contributed by atoms with Crippen molar-refractivity contribution in [3.05, 3.63) is 42.0 Å². The van der Waals surface area contributed by atoms with E-state index in [9.17, 15) is 23.1 Å². The van der Waals surface area contributed by atoms with Gasteiger partial charge in [-0.2, -0.15) is 0 Å². The molecule has 0 radical (unpaired) electrons. The largest absolute Gasteiger partial charge is 0.508 e. The fraction of sp³-hybridized carbons (Fsp3) is 0.583. The van der Waals surface area contributed by atoms with Crippen molar-refractivity contribution in [2.24, 2.45) is 0 Å². The van der Waals surface area contributed by atoms with Crippen molar-refractivity contribution < 1.29 is 41.4 Å². The molecule has 0 amide bonds. The van der Waals surface area contributed by atoms with Gasteiger partial charge in [-0.05, 0) is 48.6 Å². The summed E-state index contributed by atoms with van der Waals surface area (Å²) in [5.41, 5.74) is 0.801. The summed E-state index contributed by atoms with van der Waals surface area (Å²) in [6.45, 7) is 10.1. The lowest BCUT2D eigenvalue weighted by atomic mass is 10.1. The number of carbonyl (C=O) groups is 2. The first-order chi connectivity index (χ1) is 16.4. The molecule has 2 rings (SSSR count). The number of hydrogen-bond donors (Lipinski definition) is 1. The van der Waals surface area contributed by atoms with Crippen LogP contribution in [0.4, 0.5) is 4.79 Å². The zero-order valence-corrected chi connectivity index (χ0v) is 22.7. The highest BCUT2D eigenvalue weighted by molar-refractivity contribution is 7.92. The molecule has 0 aromatic heterocycles. The second kappa shape index (κ2) is 12.7. The molecular formula is C24H36O9SSi. The molecule has 1 heterocycles. The van der Waals surface area contributed by atoms with Gasteiger partial charge in [-0.1, -0.05) is 52.0 Å². The molecule has 35 heavy (non-hydrogen) atoms. The lowest BCUT2D eigenvalue weighted by Gasteiger charge is -2.38. The van der Waals surface area contributed by atoms with E-state index in [0.717, 1.165) is 0 Å². The van der Waals surface area contributed by atoms with Gasteiger partial charge in [0.1, 0.15) is 6.61 Å². The van der Waals surface area contributed by atoms with E-state index in [4.69, 9.17) is 18.3 Å². The van der Waals surface area contributed by atoms with Crippen LogP contribution in [0, 0.1) is 0 Å². The molecule has 0 spiro atoms. The molecule has 0 saturated heterocycles. The number of hydrogen-bond acceptors (Lipinski definition) is 8. The molecule has 0 fully saturated rings. The molecule has 2 unspecified atom stereocenters. The molecule has 1 N–H and O–H groups in total. The van der Waals surface area contributed by atoms with Crippen molar-refractivity contribution in [1.82, 2.24) is 0 Å². The third kappa shape index (κ3) is 7.39. The number of sulfone groups is 1. The Bertz CT molecular complexity index is 982. The van der Waals surface area contributed by atoms with Gasteiger partial charge < -0.3 is 23.4 Å². The zero-order valence-electron chi connectivity index (χ0n) is 20.9. The molecule has 0 aliphatic carbocycles. The number of benzene rings is 1. The molecule has 0 saturated carbocycles. The van der Waals surface area contributed by atoms with Crippen LogP contribution in [0.25, 0.3) is 0 Å². The highest BCUT2D eigenvalue weighted by Crippen LogP contribution is 2.38. The Morgan fingerprint density at radius 1 is 1.11 bits per heavy atom. The van der Waals surface area contributed by atoms with Gasteiger partial charge in [0.15, 0.2) is 15.1 Å². The summed E-state index contributed by atoms with van der Waals surface area (Å²) in [5, 5.41) is 8.13. The van der Waals surface area contributed by atoms with E-state index >= 15 is 0 Å². The Balaban J connectivity index is 2.30. The Kier molecular flexibility index (Phi) is 10.5. The fourth-order valence-corrected chi connectivity index (χ4v) is 9.40. The molecule has 0 bridgehead atoms. The fourth-order valence-electron chi connectivity index (χ4n) is 4.14. The van der Waals surface area contributed by atoms with Crippen LogP contribution in [0.2, 0.25) is 11.1 Å². The second-order valence-corrected chi connectivity index (χ2v) is 15.4. The standard InChI is InChI=1S/C24H36O9SSi/c1-6-30-24(27)31-15-19-14-20(33-35(17(2)3,18(4)5)32-16-19)12-13-22(23(25)26)34(28,29)21-10-8-7-9-11-21/h7-11,14,17-18,20,22H,6,12-13,15-16H2,1-5H3,(H,25,26). The maximum Gasteiger partial charge on any atom is 0.508 e. The van der Waals surface area contributed by atoms with Gasteiger partial charge in [0.05, 0.1) is 24.2 Å². The molecule has 2 atom stereocenters. The summed E-state index contributed by atoms with van der Waals surface area (Å²) in [5.74, 6) is -1.41. The van der Waals surface area contributed by atoms with Crippen LogP contribution in [0.15, 0.2) is 46.9 Å². The number of carboxylic acid groups (broad SMARTS) is 1. The van der Waals surface area contributed by atoms with E-state index in [-0.39, 0.29) is 48.6 Å². The van der Waals surface area contributed by atoms with Gasteiger partial charge in [0, 0.05) is 0 Å². The highest BCUT2D eigenvalue weighted by atomic mass is 32.2. The van der Waals surface area contributed by atoms with Gasteiger partial charge >= 0.3 is 20.7 Å². The third-order valence-electron chi connectivity index (χ3n) is 5.92. The van der Waals surface area contributed by atoms with Crippen molar-refractivity contribution >= 4 is 30.5 Å². The topological polar surface area (TPSA) is 125 Å². The number of aliphatic carboxylic acids is 1. The van der Waals surface area contributed by atoms with Crippen LogP contribution in [0.1, 0.15) is 47.5 Å².